The standard InChI is InChI=1S/C10H8Cl4O/c11-9(10(12,13)14)6-8(15)7-4-2-1-3-5-7/h1-5,9H,6H2. The largest absolute Gasteiger partial charge is 0.294 e. The number of carbonyl (C=O) groups is 1. The quantitative estimate of drug-likeness (QED) is 0.600. The number of hydrogen-bond donors (Lipinski definition) is 0. The van der Waals surface area contributed by atoms with E-state index in [9.17, 15) is 4.79 Å². The maximum atomic E-state index is 11.6. The zero-order chi connectivity index (χ0) is 11.5. The first-order valence-corrected chi connectivity index (χ1v) is 5.77. The number of benzene rings is 1. The molecule has 1 rings (SSSR count). The fourth-order valence-electron chi connectivity index (χ4n) is 1.02. The van der Waals surface area contributed by atoms with Gasteiger partial charge in [-0.25, -0.2) is 0 Å². The van der Waals surface area contributed by atoms with Gasteiger partial charge in [-0.2, -0.15) is 0 Å². The van der Waals surface area contributed by atoms with Crippen molar-refractivity contribution in [3.8, 4) is 0 Å². The summed E-state index contributed by atoms with van der Waals surface area (Å²) >= 11 is 22.5. The molecule has 0 amide bonds. The van der Waals surface area contributed by atoms with Crippen molar-refractivity contribution in [2.75, 3.05) is 0 Å². The average Bonchev–Trinajstić information content (AvgIpc) is 2.17. The van der Waals surface area contributed by atoms with Gasteiger partial charge in [0.2, 0.25) is 3.79 Å². The molecule has 0 saturated carbocycles. The minimum atomic E-state index is -1.62. The Balaban J connectivity index is 2.65. The maximum absolute atomic E-state index is 11.6. The number of Topliss-reactive ketones (excluding diaryl/α,β-unsaturated/α-hetero) is 1. The van der Waals surface area contributed by atoms with Crippen molar-refractivity contribution >= 4 is 52.2 Å². The molecule has 1 unspecified atom stereocenters. The van der Waals surface area contributed by atoms with Crippen LogP contribution in [0.2, 0.25) is 0 Å². The van der Waals surface area contributed by atoms with Crippen LogP contribution in [-0.4, -0.2) is 15.0 Å². The topological polar surface area (TPSA) is 17.1 Å². The van der Waals surface area contributed by atoms with Crippen LogP contribution in [-0.2, 0) is 0 Å². The average molecular weight is 286 g/mol. The lowest BCUT2D eigenvalue weighted by molar-refractivity contribution is 0.0981. The lowest BCUT2D eigenvalue weighted by Gasteiger charge is -2.16. The van der Waals surface area contributed by atoms with E-state index in [1.807, 2.05) is 6.07 Å². The minimum absolute atomic E-state index is 0.00205. The molecule has 0 aliphatic rings. The van der Waals surface area contributed by atoms with Crippen LogP contribution in [0.15, 0.2) is 30.3 Å². The first kappa shape index (κ1) is 13.1. The number of rotatable bonds is 3. The highest BCUT2D eigenvalue weighted by atomic mass is 35.6. The van der Waals surface area contributed by atoms with Gasteiger partial charge in [0.25, 0.3) is 0 Å². The molecule has 0 heterocycles. The van der Waals surface area contributed by atoms with Crippen molar-refractivity contribution in [1.82, 2.24) is 0 Å². The fraction of sp³-hybridized carbons (Fsp3) is 0.300. The van der Waals surface area contributed by atoms with E-state index in [4.69, 9.17) is 46.4 Å². The number of carbonyl (C=O) groups excluding carboxylic acids is 1. The van der Waals surface area contributed by atoms with Gasteiger partial charge in [-0.1, -0.05) is 65.1 Å². The number of hydrogen-bond acceptors (Lipinski definition) is 1. The smallest absolute Gasteiger partial charge is 0.207 e. The van der Waals surface area contributed by atoms with Crippen LogP contribution >= 0.6 is 46.4 Å². The van der Waals surface area contributed by atoms with Gasteiger partial charge in [-0.05, 0) is 0 Å². The van der Waals surface area contributed by atoms with E-state index < -0.39 is 9.17 Å². The van der Waals surface area contributed by atoms with Gasteiger partial charge >= 0.3 is 0 Å². The molecule has 0 N–H and O–H groups in total. The van der Waals surface area contributed by atoms with E-state index >= 15 is 0 Å². The van der Waals surface area contributed by atoms with Gasteiger partial charge in [0.1, 0.15) is 0 Å². The summed E-state index contributed by atoms with van der Waals surface area (Å²) in [6.07, 6.45) is 0.00205. The molecule has 1 aromatic rings. The van der Waals surface area contributed by atoms with Crippen LogP contribution in [0.4, 0.5) is 0 Å². The predicted molar refractivity (Wildman–Crippen MR) is 65.3 cm³/mol. The molecule has 0 spiro atoms. The normalized spacial score (nSPS) is 13.6. The molecule has 0 radical (unpaired) electrons. The first-order valence-electron chi connectivity index (χ1n) is 4.20. The van der Waals surface area contributed by atoms with Crippen molar-refractivity contribution in [3.05, 3.63) is 35.9 Å². The first-order chi connectivity index (χ1) is 6.91. The molecule has 0 aliphatic heterocycles. The summed E-state index contributed by atoms with van der Waals surface area (Å²) in [4.78, 5) is 11.6. The molecule has 15 heavy (non-hydrogen) atoms. The maximum Gasteiger partial charge on any atom is 0.207 e. The van der Waals surface area contributed by atoms with Crippen LogP contribution in [0, 0.1) is 0 Å². The second-order valence-electron chi connectivity index (χ2n) is 3.00. The monoisotopic (exact) mass is 284 g/mol. The Hall–Kier alpha value is 0.0500. The van der Waals surface area contributed by atoms with Crippen molar-refractivity contribution in [2.45, 2.75) is 15.6 Å². The van der Waals surface area contributed by atoms with Crippen LogP contribution in [0.1, 0.15) is 16.8 Å². The van der Waals surface area contributed by atoms with Crippen LogP contribution < -0.4 is 0 Å². The van der Waals surface area contributed by atoms with Crippen molar-refractivity contribution in [1.29, 1.82) is 0 Å². The summed E-state index contributed by atoms with van der Waals surface area (Å²) in [6.45, 7) is 0. The highest BCUT2D eigenvalue weighted by Gasteiger charge is 2.32. The van der Waals surface area contributed by atoms with Crippen molar-refractivity contribution in [3.63, 3.8) is 0 Å². The lowest BCUT2D eigenvalue weighted by atomic mass is 10.1. The number of halogens is 4. The third-order valence-corrected chi connectivity index (χ3v) is 3.42. The molecule has 0 saturated heterocycles. The minimum Gasteiger partial charge on any atom is -0.294 e. The molecule has 0 bridgehead atoms. The molecular formula is C10H8Cl4O. The SMILES string of the molecule is O=C(CC(Cl)C(Cl)(Cl)Cl)c1ccccc1. The Bertz CT molecular complexity index is 331. The zero-order valence-corrected chi connectivity index (χ0v) is 10.6. The van der Waals surface area contributed by atoms with Crippen molar-refractivity contribution in [2.24, 2.45) is 0 Å². The summed E-state index contributed by atoms with van der Waals surface area (Å²) < 4.78 is -1.62. The van der Waals surface area contributed by atoms with Gasteiger partial charge in [-0.15, -0.1) is 11.6 Å². The number of alkyl halides is 4. The van der Waals surface area contributed by atoms with E-state index in [0.29, 0.717) is 5.56 Å². The zero-order valence-electron chi connectivity index (χ0n) is 7.59. The highest BCUT2D eigenvalue weighted by Crippen LogP contribution is 2.36. The van der Waals surface area contributed by atoms with E-state index in [1.165, 1.54) is 0 Å². The second-order valence-corrected chi connectivity index (χ2v) is 5.90. The Morgan fingerprint density at radius 2 is 1.73 bits per heavy atom. The summed E-state index contributed by atoms with van der Waals surface area (Å²) in [6, 6.07) is 8.76. The molecule has 0 fully saturated rings. The van der Waals surface area contributed by atoms with Crippen LogP contribution in [0.3, 0.4) is 0 Å². The Labute approximate surface area is 108 Å². The van der Waals surface area contributed by atoms with E-state index in [0.717, 1.165) is 0 Å². The molecular weight excluding hydrogens is 278 g/mol. The van der Waals surface area contributed by atoms with Gasteiger partial charge < -0.3 is 0 Å². The number of ketones is 1. The molecule has 82 valence electrons. The molecule has 5 heteroatoms. The van der Waals surface area contributed by atoms with E-state index in [2.05, 4.69) is 0 Å². The Morgan fingerprint density at radius 1 is 1.20 bits per heavy atom. The molecule has 1 atom stereocenters. The van der Waals surface area contributed by atoms with Crippen LogP contribution in [0.25, 0.3) is 0 Å². The van der Waals surface area contributed by atoms with Gasteiger partial charge in [0.05, 0.1) is 5.38 Å². The van der Waals surface area contributed by atoms with Gasteiger partial charge in [-0.3, -0.25) is 4.79 Å². The third kappa shape index (κ3) is 4.20. The van der Waals surface area contributed by atoms with Gasteiger partial charge in [0, 0.05) is 12.0 Å². The predicted octanol–water partition coefficient (Wildman–Crippen LogP) is 4.24. The summed E-state index contributed by atoms with van der Waals surface area (Å²) in [5.41, 5.74) is 0.567. The fourth-order valence-corrected chi connectivity index (χ4v) is 1.39. The Kier molecular flexibility index (Phi) is 4.72. The van der Waals surface area contributed by atoms with E-state index in [1.54, 1.807) is 24.3 Å². The summed E-state index contributed by atoms with van der Waals surface area (Å²) in [5, 5.41) is -0.824. The second kappa shape index (κ2) is 5.40. The summed E-state index contributed by atoms with van der Waals surface area (Å²) in [5.74, 6) is -0.137. The van der Waals surface area contributed by atoms with E-state index in [-0.39, 0.29) is 12.2 Å². The Morgan fingerprint density at radius 3 is 2.20 bits per heavy atom. The molecule has 0 aliphatic carbocycles. The lowest BCUT2D eigenvalue weighted by Crippen LogP contribution is -2.22. The van der Waals surface area contributed by atoms with Crippen molar-refractivity contribution < 1.29 is 4.79 Å². The molecule has 0 aromatic heterocycles. The highest BCUT2D eigenvalue weighted by molar-refractivity contribution is 6.70. The molecule has 1 nitrogen and oxygen atoms in total. The summed E-state index contributed by atoms with van der Waals surface area (Å²) in [7, 11) is 0. The van der Waals surface area contributed by atoms with Gasteiger partial charge in [0.15, 0.2) is 5.78 Å². The van der Waals surface area contributed by atoms with Crippen LogP contribution in [0.5, 0.6) is 0 Å². The third-order valence-electron chi connectivity index (χ3n) is 1.82. The molecule has 1 aromatic carbocycles.